The minimum Gasteiger partial charge on any atom is -0.397 e. The molecule has 1 heterocycles. The highest BCUT2D eigenvalue weighted by atomic mass is 35.5. The van der Waals surface area contributed by atoms with Gasteiger partial charge in [0, 0.05) is 22.6 Å². The molecule has 0 saturated carbocycles. The smallest absolute Gasteiger partial charge is 0.0498 e. The molecule has 3 heteroatoms. The van der Waals surface area contributed by atoms with Gasteiger partial charge in [0.1, 0.15) is 0 Å². The summed E-state index contributed by atoms with van der Waals surface area (Å²) < 4.78 is 0. The van der Waals surface area contributed by atoms with E-state index in [1.54, 1.807) is 6.20 Å². The summed E-state index contributed by atoms with van der Waals surface area (Å²) in [4.78, 5) is 3.07. The van der Waals surface area contributed by atoms with E-state index in [2.05, 4.69) is 4.98 Å². The minimum absolute atomic E-state index is 0.739. The highest BCUT2D eigenvalue weighted by Crippen LogP contribution is 2.21. The lowest BCUT2D eigenvalue weighted by molar-refractivity contribution is 1.40. The Kier molecular flexibility index (Phi) is 1.99. The van der Waals surface area contributed by atoms with Crippen molar-refractivity contribution in [1.82, 2.24) is 4.98 Å². The molecular formula is C10H9ClN2. The average Bonchev–Trinajstić information content (AvgIpc) is 2.53. The number of nitrogen functional groups attached to an aromatic ring is 1. The fraction of sp³-hybridized carbons (Fsp3) is 0. The zero-order valence-corrected chi connectivity index (χ0v) is 7.68. The number of nitrogens with two attached hydrogens (primary N) is 1. The number of hydrogen-bond donors (Lipinski definition) is 2. The molecule has 0 saturated heterocycles. The molecule has 0 atom stereocenters. The molecule has 0 fully saturated rings. The first-order valence-electron chi connectivity index (χ1n) is 3.95. The molecule has 2 aromatic rings. The molecule has 0 aliphatic carbocycles. The Morgan fingerprint density at radius 2 is 1.85 bits per heavy atom. The van der Waals surface area contributed by atoms with Crippen molar-refractivity contribution in [3.8, 4) is 11.3 Å². The van der Waals surface area contributed by atoms with Crippen molar-refractivity contribution in [3.63, 3.8) is 0 Å². The fourth-order valence-electron chi connectivity index (χ4n) is 1.21. The van der Waals surface area contributed by atoms with E-state index in [1.807, 2.05) is 30.3 Å². The molecule has 1 aromatic heterocycles. The number of rotatable bonds is 1. The van der Waals surface area contributed by atoms with Gasteiger partial charge in [0.15, 0.2) is 0 Å². The van der Waals surface area contributed by atoms with Crippen LogP contribution in [0.15, 0.2) is 36.5 Å². The van der Waals surface area contributed by atoms with Crippen molar-refractivity contribution in [1.29, 1.82) is 0 Å². The summed E-state index contributed by atoms with van der Waals surface area (Å²) in [6, 6.07) is 9.51. The number of halogens is 1. The van der Waals surface area contributed by atoms with Gasteiger partial charge in [-0.15, -0.1) is 0 Å². The molecule has 2 nitrogen and oxygen atoms in total. The van der Waals surface area contributed by atoms with Crippen molar-refractivity contribution in [3.05, 3.63) is 41.6 Å². The summed E-state index contributed by atoms with van der Waals surface area (Å²) >= 11 is 5.77. The summed E-state index contributed by atoms with van der Waals surface area (Å²) in [6.07, 6.45) is 1.77. The molecule has 0 aliphatic heterocycles. The molecule has 66 valence electrons. The third kappa shape index (κ3) is 1.68. The quantitative estimate of drug-likeness (QED) is 0.717. The second kappa shape index (κ2) is 3.15. The Balaban J connectivity index is 2.41. The molecule has 3 N–H and O–H groups in total. The maximum Gasteiger partial charge on any atom is 0.0498 e. The van der Waals surface area contributed by atoms with Gasteiger partial charge in [-0.25, -0.2) is 0 Å². The molecule has 0 amide bonds. The number of benzene rings is 1. The number of H-pyrrole nitrogens is 1. The van der Waals surface area contributed by atoms with E-state index in [-0.39, 0.29) is 0 Å². The van der Waals surface area contributed by atoms with E-state index in [9.17, 15) is 0 Å². The number of hydrogen-bond acceptors (Lipinski definition) is 1. The molecule has 0 unspecified atom stereocenters. The van der Waals surface area contributed by atoms with E-state index < -0.39 is 0 Å². The van der Waals surface area contributed by atoms with Crippen LogP contribution in [0, 0.1) is 0 Å². The number of nitrogens with one attached hydrogen (secondary N) is 1. The van der Waals surface area contributed by atoms with E-state index >= 15 is 0 Å². The van der Waals surface area contributed by atoms with Gasteiger partial charge in [0.05, 0.1) is 0 Å². The van der Waals surface area contributed by atoms with Gasteiger partial charge in [-0.3, -0.25) is 0 Å². The lowest BCUT2D eigenvalue weighted by Gasteiger charge is -1.96. The summed E-state index contributed by atoms with van der Waals surface area (Å²) in [5.74, 6) is 0. The van der Waals surface area contributed by atoms with Crippen LogP contribution >= 0.6 is 11.6 Å². The SMILES string of the molecule is Nc1c[nH]c(-c2ccc(Cl)cc2)c1. The first-order chi connectivity index (χ1) is 6.25. The van der Waals surface area contributed by atoms with Gasteiger partial charge >= 0.3 is 0 Å². The Morgan fingerprint density at radius 3 is 2.38 bits per heavy atom. The lowest BCUT2D eigenvalue weighted by Crippen LogP contribution is -1.77. The van der Waals surface area contributed by atoms with Crippen LogP contribution in [0.25, 0.3) is 11.3 Å². The van der Waals surface area contributed by atoms with Gasteiger partial charge in [-0.05, 0) is 23.8 Å². The van der Waals surface area contributed by atoms with Crippen molar-refractivity contribution >= 4 is 17.3 Å². The standard InChI is InChI=1S/C10H9ClN2/c11-8-3-1-7(2-4-8)10-5-9(12)6-13-10/h1-6,13H,12H2. The molecule has 0 aliphatic rings. The largest absolute Gasteiger partial charge is 0.397 e. The Hall–Kier alpha value is -1.41. The van der Waals surface area contributed by atoms with Crippen molar-refractivity contribution in [2.75, 3.05) is 5.73 Å². The predicted molar refractivity (Wildman–Crippen MR) is 55.7 cm³/mol. The second-order valence-electron chi connectivity index (χ2n) is 2.85. The first kappa shape index (κ1) is 8.20. The van der Waals surface area contributed by atoms with Crippen molar-refractivity contribution in [2.24, 2.45) is 0 Å². The Labute approximate surface area is 81.3 Å². The van der Waals surface area contributed by atoms with Crippen molar-refractivity contribution in [2.45, 2.75) is 0 Å². The second-order valence-corrected chi connectivity index (χ2v) is 3.29. The van der Waals surface area contributed by atoms with Crippen LogP contribution in [0.4, 0.5) is 5.69 Å². The molecule has 0 bridgehead atoms. The van der Waals surface area contributed by atoms with E-state index in [0.717, 1.165) is 22.0 Å². The fourth-order valence-corrected chi connectivity index (χ4v) is 1.33. The van der Waals surface area contributed by atoms with Gasteiger partial charge in [0.2, 0.25) is 0 Å². The van der Waals surface area contributed by atoms with Crippen LogP contribution in [0.2, 0.25) is 5.02 Å². The molecule has 2 rings (SSSR count). The highest BCUT2D eigenvalue weighted by molar-refractivity contribution is 6.30. The maximum absolute atomic E-state index is 5.77. The summed E-state index contributed by atoms with van der Waals surface area (Å²) in [7, 11) is 0. The molecular weight excluding hydrogens is 184 g/mol. The normalized spacial score (nSPS) is 10.2. The van der Waals surface area contributed by atoms with Crippen LogP contribution in [0.1, 0.15) is 0 Å². The topological polar surface area (TPSA) is 41.8 Å². The Morgan fingerprint density at radius 1 is 1.15 bits per heavy atom. The van der Waals surface area contributed by atoms with Crippen LogP contribution < -0.4 is 5.73 Å². The summed E-state index contributed by atoms with van der Waals surface area (Å²) in [5, 5.41) is 0.739. The zero-order chi connectivity index (χ0) is 9.26. The van der Waals surface area contributed by atoms with Gasteiger partial charge in [-0.2, -0.15) is 0 Å². The van der Waals surface area contributed by atoms with Crippen LogP contribution in [0.3, 0.4) is 0 Å². The van der Waals surface area contributed by atoms with E-state index in [4.69, 9.17) is 17.3 Å². The van der Waals surface area contributed by atoms with Crippen LogP contribution in [0.5, 0.6) is 0 Å². The lowest BCUT2D eigenvalue weighted by atomic mass is 10.1. The number of aromatic amines is 1. The molecule has 0 spiro atoms. The first-order valence-corrected chi connectivity index (χ1v) is 4.33. The number of aromatic nitrogens is 1. The molecule has 1 aromatic carbocycles. The average molecular weight is 193 g/mol. The van der Waals surface area contributed by atoms with Gasteiger partial charge in [-0.1, -0.05) is 23.7 Å². The maximum atomic E-state index is 5.77. The van der Waals surface area contributed by atoms with E-state index in [0.29, 0.717) is 0 Å². The van der Waals surface area contributed by atoms with Gasteiger partial charge < -0.3 is 10.7 Å². The number of anilines is 1. The Bertz CT molecular complexity index is 403. The van der Waals surface area contributed by atoms with E-state index in [1.165, 1.54) is 0 Å². The highest BCUT2D eigenvalue weighted by Gasteiger charge is 1.98. The third-order valence-corrected chi connectivity index (χ3v) is 2.11. The van der Waals surface area contributed by atoms with Gasteiger partial charge in [0.25, 0.3) is 0 Å². The monoisotopic (exact) mass is 192 g/mol. The van der Waals surface area contributed by atoms with Crippen LogP contribution in [-0.2, 0) is 0 Å². The van der Waals surface area contributed by atoms with Crippen molar-refractivity contribution < 1.29 is 0 Å². The van der Waals surface area contributed by atoms with Crippen LogP contribution in [-0.4, -0.2) is 4.98 Å². The predicted octanol–water partition coefficient (Wildman–Crippen LogP) is 2.92. The minimum atomic E-state index is 0.739. The molecule has 13 heavy (non-hydrogen) atoms. The summed E-state index contributed by atoms with van der Waals surface area (Å²) in [5.41, 5.74) is 8.42. The zero-order valence-electron chi connectivity index (χ0n) is 6.92. The third-order valence-electron chi connectivity index (χ3n) is 1.86. The molecule has 0 radical (unpaired) electrons. The summed E-state index contributed by atoms with van der Waals surface area (Å²) in [6.45, 7) is 0.